The molecule has 6 heteroatoms. The maximum absolute atomic E-state index is 11.9. The van der Waals surface area contributed by atoms with Crippen LogP contribution in [-0.4, -0.2) is 37.2 Å². The van der Waals surface area contributed by atoms with Gasteiger partial charge in [-0.15, -0.1) is 0 Å². The van der Waals surface area contributed by atoms with Crippen molar-refractivity contribution in [2.75, 3.05) is 7.11 Å². The van der Waals surface area contributed by atoms with Crippen molar-refractivity contribution in [3.63, 3.8) is 0 Å². The van der Waals surface area contributed by atoms with E-state index in [-0.39, 0.29) is 23.4 Å². The molecule has 2 aliphatic carbocycles. The molecule has 3 fully saturated rings. The molecule has 20 heavy (non-hydrogen) atoms. The molecule has 0 aromatic heterocycles. The van der Waals surface area contributed by atoms with Crippen molar-refractivity contribution in [3.05, 3.63) is 12.2 Å². The Morgan fingerprint density at radius 2 is 2.05 bits per heavy atom. The van der Waals surface area contributed by atoms with E-state index in [2.05, 4.69) is 6.58 Å². The molecule has 2 bridgehead atoms. The van der Waals surface area contributed by atoms with Gasteiger partial charge in [-0.1, -0.05) is 6.58 Å². The lowest BCUT2D eigenvalue weighted by atomic mass is 9.78. The smallest absolute Gasteiger partial charge is 0.333 e. The second-order valence-corrected chi connectivity index (χ2v) is 5.69. The molecule has 0 aromatic carbocycles. The number of carbonyl (C=O) groups excluding carboxylic acids is 3. The molecule has 1 heterocycles. The van der Waals surface area contributed by atoms with Gasteiger partial charge in [-0.3, -0.25) is 9.59 Å². The summed E-state index contributed by atoms with van der Waals surface area (Å²) in [6.07, 6.45) is -0.354. The first-order valence-corrected chi connectivity index (χ1v) is 6.60. The number of carbonyl (C=O) groups is 3. The van der Waals surface area contributed by atoms with Crippen LogP contribution < -0.4 is 0 Å². The Balaban J connectivity index is 1.88. The average Bonchev–Trinajstić information content (AvgIpc) is 3.00. The summed E-state index contributed by atoms with van der Waals surface area (Å²) < 4.78 is 15.5. The van der Waals surface area contributed by atoms with Crippen molar-refractivity contribution < 1.29 is 28.6 Å². The molecule has 2 saturated carbocycles. The van der Waals surface area contributed by atoms with Crippen LogP contribution in [0.15, 0.2) is 12.2 Å². The van der Waals surface area contributed by atoms with Gasteiger partial charge in [0.1, 0.15) is 12.2 Å². The molecule has 0 aromatic rings. The van der Waals surface area contributed by atoms with Gasteiger partial charge in [-0.05, 0) is 13.3 Å². The van der Waals surface area contributed by atoms with Gasteiger partial charge in [-0.25, -0.2) is 4.79 Å². The average molecular weight is 280 g/mol. The Kier molecular flexibility index (Phi) is 2.84. The van der Waals surface area contributed by atoms with Gasteiger partial charge >= 0.3 is 17.9 Å². The van der Waals surface area contributed by atoms with Crippen molar-refractivity contribution >= 4 is 17.9 Å². The summed E-state index contributed by atoms with van der Waals surface area (Å²) in [7, 11) is 1.29. The van der Waals surface area contributed by atoms with Gasteiger partial charge in [0.25, 0.3) is 0 Å². The van der Waals surface area contributed by atoms with Crippen molar-refractivity contribution in [1.29, 1.82) is 0 Å². The topological polar surface area (TPSA) is 78.9 Å². The lowest BCUT2D eigenvalue weighted by molar-refractivity contribution is -0.161. The SMILES string of the molecule is C=C(C)C(=O)OC1C2CC3C(C(=O)O[C@H]31)C2C(=O)OC. The minimum absolute atomic E-state index is 0.0560. The molecular formula is C14H16O6. The fourth-order valence-electron chi connectivity index (χ4n) is 3.83. The minimum atomic E-state index is -0.573. The van der Waals surface area contributed by atoms with Crippen molar-refractivity contribution in [2.24, 2.45) is 23.7 Å². The first-order valence-electron chi connectivity index (χ1n) is 6.60. The van der Waals surface area contributed by atoms with Crippen molar-refractivity contribution in [1.82, 2.24) is 0 Å². The first kappa shape index (κ1) is 13.1. The summed E-state index contributed by atoms with van der Waals surface area (Å²) >= 11 is 0. The van der Waals surface area contributed by atoms with Gasteiger partial charge in [0.05, 0.1) is 18.9 Å². The summed E-state index contributed by atoms with van der Waals surface area (Å²) in [6.45, 7) is 5.08. The van der Waals surface area contributed by atoms with Crippen LogP contribution >= 0.6 is 0 Å². The second kappa shape index (κ2) is 4.33. The van der Waals surface area contributed by atoms with E-state index in [0.29, 0.717) is 6.42 Å². The number of ether oxygens (including phenoxy) is 3. The highest BCUT2D eigenvalue weighted by molar-refractivity contribution is 5.88. The Bertz CT molecular complexity index is 510. The Labute approximate surface area is 116 Å². The van der Waals surface area contributed by atoms with Gasteiger partial charge < -0.3 is 14.2 Å². The number of hydrogen-bond acceptors (Lipinski definition) is 6. The van der Waals surface area contributed by atoms with Gasteiger partial charge in [0.15, 0.2) is 0 Å². The van der Waals surface area contributed by atoms with E-state index in [4.69, 9.17) is 14.2 Å². The highest BCUT2D eigenvalue weighted by Crippen LogP contribution is 2.58. The molecule has 3 aliphatic rings. The van der Waals surface area contributed by atoms with Gasteiger partial charge in [0, 0.05) is 17.4 Å². The summed E-state index contributed by atoms with van der Waals surface area (Å²) in [5.74, 6) is -2.62. The number of methoxy groups -OCH3 is 1. The molecule has 1 aliphatic heterocycles. The van der Waals surface area contributed by atoms with Gasteiger partial charge in [-0.2, -0.15) is 0 Å². The third-order valence-electron chi connectivity index (χ3n) is 4.61. The summed E-state index contributed by atoms with van der Waals surface area (Å²) in [5.41, 5.74) is 0.281. The lowest BCUT2D eigenvalue weighted by Crippen LogP contribution is -2.43. The van der Waals surface area contributed by atoms with E-state index in [0.717, 1.165) is 0 Å². The van der Waals surface area contributed by atoms with Crippen LogP contribution in [0.1, 0.15) is 13.3 Å². The molecule has 0 amide bonds. The Morgan fingerprint density at radius 3 is 2.65 bits per heavy atom. The largest absolute Gasteiger partial charge is 0.469 e. The van der Waals surface area contributed by atoms with E-state index < -0.39 is 36.0 Å². The highest BCUT2D eigenvalue weighted by Gasteiger charge is 2.70. The van der Waals surface area contributed by atoms with E-state index >= 15 is 0 Å². The van der Waals surface area contributed by atoms with Crippen molar-refractivity contribution in [3.8, 4) is 0 Å². The van der Waals surface area contributed by atoms with Crippen LogP contribution in [-0.2, 0) is 28.6 Å². The maximum atomic E-state index is 11.9. The van der Waals surface area contributed by atoms with Crippen LogP contribution in [0.2, 0.25) is 0 Å². The minimum Gasteiger partial charge on any atom is -0.469 e. The van der Waals surface area contributed by atoms with E-state index in [9.17, 15) is 14.4 Å². The third kappa shape index (κ3) is 1.60. The summed E-state index contributed by atoms with van der Waals surface area (Å²) in [5, 5.41) is 0. The fourth-order valence-corrected chi connectivity index (χ4v) is 3.83. The predicted molar refractivity (Wildman–Crippen MR) is 65.2 cm³/mol. The molecule has 1 saturated heterocycles. The quantitative estimate of drug-likeness (QED) is 0.424. The molecule has 3 rings (SSSR count). The van der Waals surface area contributed by atoms with E-state index in [1.807, 2.05) is 0 Å². The summed E-state index contributed by atoms with van der Waals surface area (Å²) in [6, 6.07) is 0. The van der Waals surface area contributed by atoms with Crippen LogP contribution in [0.4, 0.5) is 0 Å². The molecule has 6 atom stereocenters. The normalized spacial score (nSPS) is 40.4. The predicted octanol–water partition coefficient (Wildman–Crippen LogP) is 0.455. The number of hydrogen-bond donors (Lipinski definition) is 0. The number of esters is 3. The zero-order chi connectivity index (χ0) is 14.6. The van der Waals surface area contributed by atoms with E-state index in [1.165, 1.54) is 7.11 Å². The van der Waals surface area contributed by atoms with Crippen LogP contribution in [0.25, 0.3) is 0 Å². The molecule has 6 nitrogen and oxygen atoms in total. The van der Waals surface area contributed by atoms with Crippen LogP contribution in [0.3, 0.4) is 0 Å². The van der Waals surface area contributed by atoms with E-state index in [1.54, 1.807) is 6.92 Å². The molecule has 5 unspecified atom stereocenters. The number of fused-ring (bicyclic) bond motifs is 1. The number of rotatable bonds is 3. The molecule has 0 N–H and O–H groups in total. The zero-order valence-corrected chi connectivity index (χ0v) is 11.3. The van der Waals surface area contributed by atoms with Crippen LogP contribution in [0, 0.1) is 23.7 Å². The lowest BCUT2D eigenvalue weighted by Gasteiger charge is -2.29. The van der Waals surface area contributed by atoms with Gasteiger partial charge in [0.2, 0.25) is 0 Å². The highest BCUT2D eigenvalue weighted by atomic mass is 16.6. The summed E-state index contributed by atoms with van der Waals surface area (Å²) in [4.78, 5) is 35.5. The van der Waals surface area contributed by atoms with Crippen molar-refractivity contribution in [2.45, 2.75) is 25.6 Å². The maximum Gasteiger partial charge on any atom is 0.333 e. The van der Waals surface area contributed by atoms with Crippen LogP contribution in [0.5, 0.6) is 0 Å². The molecule has 0 spiro atoms. The fraction of sp³-hybridized carbons (Fsp3) is 0.643. The Morgan fingerprint density at radius 1 is 1.35 bits per heavy atom. The zero-order valence-electron chi connectivity index (χ0n) is 11.3. The molecular weight excluding hydrogens is 264 g/mol. The standard InChI is InChI=1S/C14H16O6/c1-5(2)12(15)19-10-6-4-7-9(8(6)13(16)18-3)14(17)20-11(7)10/h6-11H,1,4H2,2-3H3/t6?,7?,8?,9?,10?,11-/m1/s1. The molecule has 0 radical (unpaired) electrons. The monoisotopic (exact) mass is 280 g/mol. The first-order chi connectivity index (χ1) is 9.45. The second-order valence-electron chi connectivity index (χ2n) is 5.69. The molecule has 108 valence electrons. The third-order valence-corrected chi connectivity index (χ3v) is 4.61. The Hall–Kier alpha value is -1.85.